The maximum Gasteiger partial charge on any atom is 0.120 e. The van der Waals surface area contributed by atoms with Crippen LogP contribution in [0.15, 0.2) is 28.7 Å². The van der Waals surface area contributed by atoms with Crippen molar-refractivity contribution >= 4 is 17.8 Å². The van der Waals surface area contributed by atoms with Crippen molar-refractivity contribution in [2.45, 2.75) is 64.4 Å². The Hall–Kier alpha value is -1.16. The van der Waals surface area contributed by atoms with E-state index in [2.05, 4.69) is 43.0 Å². The van der Waals surface area contributed by atoms with Gasteiger partial charge in [0.15, 0.2) is 0 Å². The molecule has 1 saturated heterocycles. The van der Waals surface area contributed by atoms with E-state index in [4.69, 9.17) is 9.13 Å². The van der Waals surface area contributed by atoms with E-state index < -0.39 is 0 Å². The molecule has 2 heterocycles. The summed E-state index contributed by atoms with van der Waals surface area (Å²) in [6.45, 7) is 7.07. The van der Waals surface area contributed by atoms with Crippen LogP contribution in [-0.4, -0.2) is 35.7 Å². The molecule has 1 aromatic carbocycles. The first-order valence-electron chi connectivity index (χ1n) is 9.82. The Morgan fingerprint density at radius 2 is 1.84 bits per heavy atom. The number of amidine groups is 1. The van der Waals surface area contributed by atoms with Crippen LogP contribution in [0.5, 0.6) is 5.75 Å². The molecule has 0 radical (unpaired) electrons. The molecule has 4 heteroatoms. The molecule has 136 valence electrons. The van der Waals surface area contributed by atoms with Crippen molar-refractivity contribution in [3.8, 4) is 5.75 Å². The van der Waals surface area contributed by atoms with Crippen molar-refractivity contribution in [1.29, 1.82) is 0 Å². The standard InChI is InChI=1S/C21H30N2OS/c1-21(2)11-9-18(10-12-21)24-17-7-5-16(6-8-17)19-4-3-13-23-14-15-25-22-20(19)23/h5-8,18-19H,3-4,9-15H2,1-2H3. The largest absolute Gasteiger partial charge is 0.490 e. The van der Waals surface area contributed by atoms with Crippen molar-refractivity contribution in [3.05, 3.63) is 29.8 Å². The second-order valence-electron chi connectivity index (χ2n) is 8.52. The van der Waals surface area contributed by atoms with Crippen LogP contribution in [0.3, 0.4) is 0 Å². The van der Waals surface area contributed by atoms with E-state index in [1.807, 2.05) is 0 Å². The van der Waals surface area contributed by atoms with Gasteiger partial charge in [-0.2, -0.15) is 0 Å². The molecular weight excluding hydrogens is 328 g/mol. The molecule has 0 N–H and O–H groups in total. The van der Waals surface area contributed by atoms with Crippen LogP contribution < -0.4 is 4.74 Å². The van der Waals surface area contributed by atoms with Gasteiger partial charge in [0.05, 0.1) is 6.10 Å². The highest BCUT2D eigenvalue weighted by Crippen LogP contribution is 2.37. The van der Waals surface area contributed by atoms with E-state index in [9.17, 15) is 0 Å². The molecular formula is C21H30N2OS. The first kappa shape index (κ1) is 17.3. The Bertz CT molecular complexity index is 615. The molecule has 0 bridgehead atoms. The van der Waals surface area contributed by atoms with Crippen LogP contribution in [0.2, 0.25) is 0 Å². The Labute approximate surface area is 156 Å². The van der Waals surface area contributed by atoms with Gasteiger partial charge in [-0.15, -0.1) is 0 Å². The van der Waals surface area contributed by atoms with E-state index in [1.165, 1.54) is 56.5 Å². The fourth-order valence-electron chi connectivity index (χ4n) is 4.34. The molecule has 0 amide bonds. The third-order valence-corrected chi connectivity index (χ3v) is 6.72. The summed E-state index contributed by atoms with van der Waals surface area (Å²) in [5.74, 6) is 3.92. The summed E-state index contributed by atoms with van der Waals surface area (Å²) in [5.41, 5.74) is 1.89. The van der Waals surface area contributed by atoms with Crippen molar-refractivity contribution in [2.24, 2.45) is 9.81 Å². The van der Waals surface area contributed by atoms with Gasteiger partial charge in [0, 0.05) is 24.8 Å². The normalized spacial score (nSPS) is 26.7. The van der Waals surface area contributed by atoms with Crippen LogP contribution >= 0.6 is 11.9 Å². The molecule has 0 spiro atoms. The number of piperidine rings is 1. The van der Waals surface area contributed by atoms with Crippen molar-refractivity contribution in [1.82, 2.24) is 4.90 Å². The lowest BCUT2D eigenvalue weighted by molar-refractivity contribution is 0.0987. The molecule has 2 aliphatic heterocycles. The van der Waals surface area contributed by atoms with E-state index in [-0.39, 0.29) is 0 Å². The lowest BCUT2D eigenvalue weighted by Gasteiger charge is -2.38. The second-order valence-corrected chi connectivity index (χ2v) is 9.36. The summed E-state index contributed by atoms with van der Waals surface area (Å²) in [6.07, 6.45) is 7.78. The Balaban J connectivity index is 1.41. The summed E-state index contributed by atoms with van der Waals surface area (Å²) >= 11 is 1.73. The zero-order valence-corrected chi connectivity index (χ0v) is 16.4. The van der Waals surface area contributed by atoms with Crippen molar-refractivity contribution < 1.29 is 4.74 Å². The minimum atomic E-state index is 0.392. The number of hydrogen-bond donors (Lipinski definition) is 0. The zero-order chi connectivity index (χ0) is 17.3. The molecule has 0 aromatic heterocycles. The van der Waals surface area contributed by atoms with Crippen LogP contribution in [0.4, 0.5) is 0 Å². The molecule has 2 fully saturated rings. The third-order valence-electron chi connectivity index (χ3n) is 6.04. The Morgan fingerprint density at radius 3 is 2.60 bits per heavy atom. The van der Waals surface area contributed by atoms with Crippen LogP contribution in [0.25, 0.3) is 0 Å². The maximum atomic E-state index is 6.25. The van der Waals surface area contributed by atoms with Crippen LogP contribution in [0, 0.1) is 5.41 Å². The van der Waals surface area contributed by atoms with Crippen molar-refractivity contribution in [2.75, 3.05) is 18.8 Å². The van der Waals surface area contributed by atoms with Gasteiger partial charge in [-0.25, -0.2) is 4.40 Å². The Morgan fingerprint density at radius 1 is 1.08 bits per heavy atom. The molecule has 4 rings (SSSR count). The van der Waals surface area contributed by atoms with Gasteiger partial charge in [-0.1, -0.05) is 26.0 Å². The fourth-order valence-corrected chi connectivity index (χ4v) is 5.11. The number of hydrogen-bond acceptors (Lipinski definition) is 4. The van der Waals surface area contributed by atoms with Crippen LogP contribution in [0.1, 0.15) is 63.9 Å². The number of nitrogens with zero attached hydrogens (tertiary/aromatic N) is 2. The smallest absolute Gasteiger partial charge is 0.120 e. The number of rotatable bonds is 3. The van der Waals surface area contributed by atoms with Gasteiger partial charge in [0.1, 0.15) is 11.6 Å². The van der Waals surface area contributed by atoms with Gasteiger partial charge in [0.2, 0.25) is 0 Å². The van der Waals surface area contributed by atoms with E-state index in [0.717, 1.165) is 18.0 Å². The quantitative estimate of drug-likeness (QED) is 0.688. The molecule has 1 saturated carbocycles. The fraction of sp³-hybridized carbons (Fsp3) is 0.667. The molecule has 1 unspecified atom stereocenters. The average Bonchev–Trinajstić information content (AvgIpc) is 2.64. The third kappa shape index (κ3) is 3.99. The predicted octanol–water partition coefficient (Wildman–Crippen LogP) is 5.27. The van der Waals surface area contributed by atoms with Gasteiger partial charge >= 0.3 is 0 Å². The van der Waals surface area contributed by atoms with Gasteiger partial charge in [-0.3, -0.25) is 0 Å². The minimum Gasteiger partial charge on any atom is -0.490 e. The summed E-state index contributed by atoms with van der Waals surface area (Å²) in [6, 6.07) is 8.87. The summed E-state index contributed by atoms with van der Waals surface area (Å²) in [7, 11) is 0. The lowest BCUT2D eigenvalue weighted by Crippen LogP contribution is -2.42. The number of ether oxygens (including phenoxy) is 1. The monoisotopic (exact) mass is 358 g/mol. The first-order chi connectivity index (χ1) is 12.1. The molecule has 3 nitrogen and oxygen atoms in total. The predicted molar refractivity (Wildman–Crippen MR) is 107 cm³/mol. The maximum absolute atomic E-state index is 6.25. The van der Waals surface area contributed by atoms with Gasteiger partial charge in [0.25, 0.3) is 0 Å². The summed E-state index contributed by atoms with van der Waals surface area (Å²) in [5, 5.41) is 0. The van der Waals surface area contributed by atoms with Crippen LogP contribution in [-0.2, 0) is 0 Å². The van der Waals surface area contributed by atoms with Crippen molar-refractivity contribution in [3.63, 3.8) is 0 Å². The Kier molecular flexibility index (Phi) is 4.99. The molecule has 1 aliphatic carbocycles. The average molecular weight is 359 g/mol. The molecule has 1 aromatic rings. The highest BCUT2D eigenvalue weighted by Gasteiger charge is 2.30. The number of fused-ring (bicyclic) bond motifs is 1. The summed E-state index contributed by atoms with van der Waals surface area (Å²) in [4.78, 5) is 2.48. The van der Waals surface area contributed by atoms with E-state index in [0.29, 0.717) is 17.4 Å². The van der Waals surface area contributed by atoms with Gasteiger partial charge < -0.3 is 9.64 Å². The second kappa shape index (κ2) is 7.22. The first-order valence-corrected chi connectivity index (χ1v) is 10.8. The topological polar surface area (TPSA) is 24.8 Å². The zero-order valence-electron chi connectivity index (χ0n) is 15.5. The molecule has 25 heavy (non-hydrogen) atoms. The lowest BCUT2D eigenvalue weighted by atomic mass is 9.76. The highest BCUT2D eigenvalue weighted by atomic mass is 32.2. The van der Waals surface area contributed by atoms with E-state index in [1.54, 1.807) is 11.9 Å². The number of benzene rings is 1. The molecule has 1 atom stereocenters. The SMILES string of the molecule is CC1(C)CCC(Oc2ccc(C3CCCN4CCSN=C34)cc2)CC1. The summed E-state index contributed by atoms with van der Waals surface area (Å²) < 4.78 is 11.0. The minimum absolute atomic E-state index is 0.392. The highest BCUT2D eigenvalue weighted by molar-refractivity contribution is 7.98. The van der Waals surface area contributed by atoms with Gasteiger partial charge in [-0.05, 0) is 73.6 Å². The van der Waals surface area contributed by atoms with E-state index >= 15 is 0 Å². The molecule has 3 aliphatic rings.